The Morgan fingerprint density at radius 2 is 1.51 bits per heavy atom. The van der Waals surface area contributed by atoms with E-state index in [0.717, 1.165) is 28.0 Å². The van der Waals surface area contributed by atoms with Crippen LogP contribution in [0.15, 0.2) is 83.4 Å². The van der Waals surface area contributed by atoms with Gasteiger partial charge in [-0.3, -0.25) is 9.59 Å². The van der Waals surface area contributed by atoms with Crippen molar-refractivity contribution < 1.29 is 18.8 Å². The Morgan fingerprint density at radius 3 is 2.16 bits per heavy atom. The van der Waals surface area contributed by atoms with E-state index in [4.69, 9.17) is 9.26 Å². The van der Waals surface area contributed by atoms with Crippen molar-refractivity contribution in [2.45, 2.75) is 33.4 Å². The number of methoxy groups -OCH3 is 1. The van der Waals surface area contributed by atoms with Gasteiger partial charge >= 0.3 is 0 Å². The average Bonchev–Trinajstić information content (AvgIpc) is 3.39. The summed E-state index contributed by atoms with van der Waals surface area (Å²) in [6.07, 6.45) is 0.652. The number of ether oxygens (including phenoxy) is 1. The van der Waals surface area contributed by atoms with Gasteiger partial charge in [-0.1, -0.05) is 64.8 Å². The molecule has 7 heteroatoms. The molecule has 0 unspecified atom stereocenters. The van der Waals surface area contributed by atoms with Gasteiger partial charge in [0.15, 0.2) is 11.5 Å². The van der Waals surface area contributed by atoms with Gasteiger partial charge in [0.05, 0.1) is 13.7 Å². The molecule has 0 spiro atoms. The number of aromatic nitrogens is 1. The number of hydrogen-bond acceptors (Lipinski definition) is 5. The molecule has 0 aliphatic rings. The Morgan fingerprint density at radius 1 is 0.892 bits per heavy atom. The fourth-order valence-corrected chi connectivity index (χ4v) is 3.85. The molecular formula is C30H31N3O4. The number of aryl methyl sites for hydroxylation is 2. The van der Waals surface area contributed by atoms with Crippen molar-refractivity contribution in [2.75, 3.05) is 13.7 Å². The van der Waals surface area contributed by atoms with E-state index >= 15 is 0 Å². The molecule has 0 bridgehead atoms. The van der Waals surface area contributed by atoms with Crippen molar-refractivity contribution in [3.63, 3.8) is 0 Å². The first-order chi connectivity index (χ1) is 17.9. The maximum absolute atomic E-state index is 13.4. The molecule has 190 valence electrons. The maximum atomic E-state index is 13.4. The van der Waals surface area contributed by atoms with Crippen LogP contribution in [0.3, 0.4) is 0 Å². The summed E-state index contributed by atoms with van der Waals surface area (Å²) in [5.74, 6) is 0.780. The van der Waals surface area contributed by atoms with Gasteiger partial charge in [-0.2, -0.15) is 0 Å². The predicted octanol–water partition coefficient (Wildman–Crippen LogP) is 5.12. The van der Waals surface area contributed by atoms with E-state index in [-0.39, 0.29) is 24.1 Å². The van der Waals surface area contributed by atoms with Gasteiger partial charge in [-0.25, -0.2) is 0 Å². The predicted molar refractivity (Wildman–Crippen MR) is 141 cm³/mol. The molecule has 0 saturated carbocycles. The van der Waals surface area contributed by atoms with Crippen LogP contribution in [0.1, 0.15) is 48.9 Å². The van der Waals surface area contributed by atoms with Crippen LogP contribution in [-0.4, -0.2) is 35.5 Å². The Hall–Kier alpha value is -4.39. The number of carbonyl (C=O) groups excluding carboxylic acids is 2. The van der Waals surface area contributed by atoms with Gasteiger partial charge < -0.3 is 19.5 Å². The van der Waals surface area contributed by atoms with Crippen molar-refractivity contribution in [3.05, 3.63) is 118 Å². The molecule has 7 nitrogen and oxygen atoms in total. The Bertz CT molecular complexity index is 1330. The van der Waals surface area contributed by atoms with E-state index in [2.05, 4.69) is 10.5 Å². The lowest BCUT2D eigenvalue weighted by molar-refractivity contribution is 0.0729. The highest BCUT2D eigenvalue weighted by atomic mass is 16.5. The summed E-state index contributed by atoms with van der Waals surface area (Å²) in [6, 6.07) is 24.8. The van der Waals surface area contributed by atoms with Gasteiger partial charge in [0.2, 0.25) is 0 Å². The van der Waals surface area contributed by atoms with E-state index in [1.54, 1.807) is 18.1 Å². The molecule has 0 fully saturated rings. The summed E-state index contributed by atoms with van der Waals surface area (Å²) in [6.45, 7) is 5.05. The molecule has 4 aromatic rings. The lowest BCUT2D eigenvalue weighted by Crippen LogP contribution is -2.32. The fourth-order valence-electron chi connectivity index (χ4n) is 3.85. The summed E-state index contributed by atoms with van der Waals surface area (Å²) in [7, 11) is 1.63. The third kappa shape index (κ3) is 7.07. The SMILES string of the molecule is COc1ccc(CCN(Cc2cc(C(=O)NCc3ccc(C)cc3)no2)C(=O)c2ccc(C)cc2)cc1. The van der Waals surface area contributed by atoms with Gasteiger partial charge in [0.25, 0.3) is 11.8 Å². The zero-order valence-electron chi connectivity index (χ0n) is 21.4. The van der Waals surface area contributed by atoms with E-state index in [9.17, 15) is 9.59 Å². The Labute approximate surface area is 217 Å². The van der Waals surface area contributed by atoms with Crippen LogP contribution in [0.25, 0.3) is 0 Å². The maximum Gasteiger partial charge on any atom is 0.273 e. The van der Waals surface area contributed by atoms with Crippen molar-refractivity contribution in [1.29, 1.82) is 0 Å². The van der Waals surface area contributed by atoms with Crippen LogP contribution < -0.4 is 10.1 Å². The standard InChI is InChI=1S/C30H31N3O4/c1-21-4-8-24(9-5-21)19-31-29(34)28-18-27(37-32-28)20-33(30(35)25-12-6-22(2)7-13-25)17-16-23-10-14-26(36-3)15-11-23/h4-15,18H,16-17,19-20H2,1-3H3,(H,31,34). The monoisotopic (exact) mass is 497 g/mol. The van der Waals surface area contributed by atoms with Crippen LogP contribution in [0.2, 0.25) is 0 Å². The largest absolute Gasteiger partial charge is 0.497 e. The molecule has 1 N–H and O–H groups in total. The number of hydrogen-bond donors (Lipinski definition) is 1. The summed E-state index contributed by atoms with van der Waals surface area (Å²) in [5, 5.41) is 6.80. The second-order valence-corrected chi connectivity index (χ2v) is 9.04. The minimum Gasteiger partial charge on any atom is -0.497 e. The molecule has 0 aliphatic carbocycles. The van der Waals surface area contributed by atoms with Crippen molar-refractivity contribution in [3.8, 4) is 5.75 Å². The van der Waals surface area contributed by atoms with E-state index < -0.39 is 0 Å². The summed E-state index contributed by atoms with van der Waals surface area (Å²) >= 11 is 0. The lowest BCUT2D eigenvalue weighted by Gasteiger charge is -2.22. The van der Waals surface area contributed by atoms with Crippen molar-refractivity contribution in [2.24, 2.45) is 0 Å². The van der Waals surface area contributed by atoms with Gasteiger partial charge in [-0.15, -0.1) is 0 Å². The molecule has 0 radical (unpaired) electrons. The lowest BCUT2D eigenvalue weighted by atomic mass is 10.1. The number of carbonyl (C=O) groups is 2. The smallest absolute Gasteiger partial charge is 0.273 e. The van der Waals surface area contributed by atoms with Crippen molar-refractivity contribution in [1.82, 2.24) is 15.4 Å². The molecule has 37 heavy (non-hydrogen) atoms. The minimum atomic E-state index is -0.329. The highest BCUT2D eigenvalue weighted by Gasteiger charge is 2.20. The second kappa shape index (κ2) is 12.0. The molecule has 0 atom stereocenters. The second-order valence-electron chi connectivity index (χ2n) is 9.04. The van der Waals surface area contributed by atoms with E-state index in [1.807, 2.05) is 86.6 Å². The Balaban J connectivity index is 1.44. The van der Waals surface area contributed by atoms with Crippen molar-refractivity contribution >= 4 is 11.8 Å². The topological polar surface area (TPSA) is 84.7 Å². The molecule has 2 amide bonds. The van der Waals surface area contributed by atoms with Gasteiger partial charge in [-0.05, 0) is 55.7 Å². The molecule has 0 saturated heterocycles. The van der Waals surface area contributed by atoms with Crippen LogP contribution in [-0.2, 0) is 19.5 Å². The van der Waals surface area contributed by atoms with Crippen LogP contribution in [0, 0.1) is 13.8 Å². The average molecular weight is 498 g/mol. The summed E-state index contributed by atoms with van der Waals surface area (Å²) in [5.41, 5.74) is 5.09. The fraction of sp³-hybridized carbons (Fsp3) is 0.233. The summed E-state index contributed by atoms with van der Waals surface area (Å²) in [4.78, 5) is 27.7. The third-order valence-electron chi connectivity index (χ3n) is 6.13. The van der Waals surface area contributed by atoms with E-state index in [1.165, 1.54) is 0 Å². The highest BCUT2D eigenvalue weighted by Crippen LogP contribution is 2.16. The molecular weight excluding hydrogens is 466 g/mol. The number of nitrogens with one attached hydrogen (secondary N) is 1. The first-order valence-electron chi connectivity index (χ1n) is 12.2. The molecule has 3 aromatic carbocycles. The first-order valence-corrected chi connectivity index (χ1v) is 12.2. The number of amides is 2. The number of benzene rings is 3. The minimum absolute atomic E-state index is 0.115. The summed E-state index contributed by atoms with van der Waals surface area (Å²) < 4.78 is 10.7. The first kappa shape index (κ1) is 25.7. The Kier molecular flexibility index (Phi) is 8.36. The quantitative estimate of drug-likeness (QED) is 0.329. The van der Waals surface area contributed by atoms with E-state index in [0.29, 0.717) is 30.8 Å². The number of nitrogens with zero attached hydrogens (tertiary/aromatic N) is 2. The molecule has 1 aromatic heterocycles. The zero-order valence-corrected chi connectivity index (χ0v) is 21.4. The zero-order chi connectivity index (χ0) is 26.2. The van der Waals surface area contributed by atoms with Crippen LogP contribution in [0.4, 0.5) is 0 Å². The number of rotatable bonds is 10. The molecule has 0 aliphatic heterocycles. The molecule has 4 rings (SSSR count). The van der Waals surface area contributed by atoms with Crippen LogP contribution >= 0.6 is 0 Å². The highest BCUT2D eigenvalue weighted by molar-refractivity contribution is 5.94. The molecule has 1 heterocycles. The van der Waals surface area contributed by atoms with Gasteiger partial charge in [0, 0.05) is 24.7 Å². The third-order valence-corrected chi connectivity index (χ3v) is 6.13. The normalized spacial score (nSPS) is 10.7. The van der Waals surface area contributed by atoms with Gasteiger partial charge in [0.1, 0.15) is 5.75 Å². The van der Waals surface area contributed by atoms with Crippen LogP contribution in [0.5, 0.6) is 5.75 Å².